The number of aromatic nitrogens is 1. The highest BCUT2D eigenvalue weighted by molar-refractivity contribution is 7.92. The Hall–Kier alpha value is -3.66. The van der Waals surface area contributed by atoms with Gasteiger partial charge in [-0.1, -0.05) is 48.5 Å². The van der Waals surface area contributed by atoms with Gasteiger partial charge in [0.2, 0.25) is 15.9 Å². The first-order valence-corrected chi connectivity index (χ1v) is 12.9. The minimum absolute atomic E-state index is 0.190. The van der Waals surface area contributed by atoms with Crippen LogP contribution in [0, 0.1) is 6.92 Å². The lowest BCUT2D eigenvalue weighted by atomic mass is 10.0. The maximum absolute atomic E-state index is 13.2. The van der Waals surface area contributed by atoms with Crippen LogP contribution in [0.5, 0.6) is 0 Å². The summed E-state index contributed by atoms with van der Waals surface area (Å²) in [6.45, 7) is 1.93. The number of nitrogens with zero attached hydrogens (tertiary/aromatic N) is 1. The zero-order chi connectivity index (χ0) is 26.3. The largest absolute Gasteiger partial charge is 0.433 e. The molecule has 10 heteroatoms. The molecule has 2 aromatic carbocycles. The molecule has 0 bridgehead atoms. The molecule has 0 radical (unpaired) electrons. The van der Waals surface area contributed by atoms with E-state index >= 15 is 0 Å². The molecule has 6 nitrogen and oxygen atoms in total. The van der Waals surface area contributed by atoms with Crippen LogP contribution in [-0.2, 0) is 40.4 Å². The number of hydrogen-bond acceptors (Lipinski definition) is 4. The highest BCUT2D eigenvalue weighted by Crippen LogP contribution is 2.29. The maximum Gasteiger partial charge on any atom is 0.433 e. The second-order valence-electron chi connectivity index (χ2n) is 8.29. The third kappa shape index (κ3) is 8.23. The highest BCUT2D eigenvalue weighted by atomic mass is 32.2. The van der Waals surface area contributed by atoms with Crippen LogP contribution in [0.2, 0.25) is 0 Å². The van der Waals surface area contributed by atoms with E-state index in [2.05, 4.69) is 15.0 Å². The Kier molecular flexibility index (Phi) is 8.52. The van der Waals surface area contributed by atoms with Crippen molar-refractivity contribution in [2.75, 3.05) is 11.0 Å². The average molecular weight is 518 g/mol. The van der Waals surface area contributed by atoms with Crippen molar-refractivity contribution in [2.24, 2.45) is 0 Å². The van der Waals surface area contributed by atoms with Gasteiger partial charge in [0.1, 0.15) is 5.69 Å². The maximum atomic E-state index is 13.2. The van der Waals surface area contributed by atoms with Crippen molar-refractivity contribution in [1.82, 2.24) is 10.3 Å². The molecule has 0 saturated carbocycles. The van der Waals surface area contributed by atoms with Crippen LogP contribution in [0.4, 0.5) is 18.9 Å². The first-order chi connectivity index (χ1) is 16.9. The van der Waals surface area contributed by atoms with Crippen LogP contribution in [0.15, 0.2) is 66.7 Å². The predicted octanol–water partition coefficient (Wildman–Crippen LogP) is 4.90. The zero-order valence-electron chi connectivity index (χ0n) is 19.8. The molecule has 2 N–H and O–H groups in total. The van der Waals surface area contributed by atoms with Gasteiger partial charge >= 0.3 is 6.18 Å². The Labute approximate surface area is 208 Å². The molecule has 0 aliphatic rings. The standard InChI is InChI=1S/C26H26F3N3O3S/c1-18-16-20(9-12-22(18)32-36(2,34)35)17-30-25(33)15-11-21-10-14-24(26(27,28)29)31-23(21)13-8-19-6-4-3-5-7-19/h3-7,9-12,14-16,32H,8,13,17H2,1-2H3,(H,30,33). The van der Waals surface area contributed by atoms with Gasteiger partial charge in [0.15, 0.2) is 0 Å². The molecular weight excluding hydrogens is 491 g/mol. The van der Waals surface area contributed by atoms with E-state index in [1.54, 1.807) is 25.1 Å². The molecule has 0 spiro atoms. The number of amides is 1. The molecule has 0 fully saturated rings. The molecule has 1 aromatic heterocycles. The van der Waals surface area contributed by atoms with Gasteiger partial charge in [0.05, 0.1) is 11.9 Å². The number of alkyl halides is 3. The predicted molar refractivity (Wildman–Crippen MR) is 134 cm³/mol. The van der Waals surface area contributed by atoms with E-state index in [4.69, 9.17) is 0 Å². The summed E-state index contributed by atoms with van der Waals surface area (Å²) in [5, 5.41) is 2.71. The topological polar surface area (TPSA) is 88.2 Å². The number of benzene rings is 2. The van der Waals surface area contributed by atoms with Gasteiger partial charge in [0, 0.05) is 18.3 Å². The molecular formula is C26H26F3N3O3S. The summed E-state index contributed by atoms with van der Waals surface area (Å²) in [6, 6.07) is 16.6. The van der Waals surface area contributed by atoms with Crippen molar-refractivity contribution in [2.45, 2.75) is 32.5 Å². The van der Waals surface area contributed by atoms with E-state index in [1.807, 2.05) is 30.3 Å². The van der Waals surface area contributed by atoms with Crippen LogP contribution >= 0.6 is 0 Å². The number of aryl methyl sites for hydroxylation is 3. The average Bonchev–Trinajstić information content (AvgIpc) is 2.81. The lowest BCUT2D eigenvalue weighted by Gasteiger charge is -2.11. The second kappa shape index (κ2) is 11.4. The fourth-order valence-electron chi connectivity index (χ4n) is 3.49. The van der Waals surface area contributed by atoms with Crippen LogP contribution in [-0.4, -0.2) is 25.6 Å². The van der Waals surface area contributed by atoms with Crippen molar-refractivity contribution in [1.29, 1.82) is 0 Å². The molecule has 0 unspecified atom stereocenters. The van der Waals surface area contributed by atoms with Crippen molar-refractivity contribution < 1.29 is 26.4 Å². The van der Waals surface area contributed by atoms with Gasteiger partial charge in [-0.25, -0.2) is 13.4 Å². The van der Waals surface area contributed by atoms with Crippen molar-refractivity contribution >= 4 is 27.7 Å². The summed E-state index contributed by atoms with van der Waals surface area (Å²) in [5.41, 5.74) is 2.58. The van der Waals surface area contributed by atoms with Gasteiger partial charge in [-0.15, -0.1) is 0 Å². The number of pyridine rings is 1. The molecule has 0 atom stereocenters. The normalized spacial score (nSPS) is 12.0. The molecule has 190 valence electrons. The number of halogens is 3. The van der Waals surface area contributed by atoms with E-state index in [9.17, 15) is 26.4 Å². The molecule has 1 amide bonds. The van der Waals surface area contributed by atoms with E-state index in [-0.39, 0.29) is 18.7 Å². The Morgan fingerprint density at radius 1 is 1.00 bits per heavy atom. The first kappa shape index (κ1) is 26.9. The Morgan fingerprint density at radius 2 is 1.72 bits per heavy atom. The first-order valence-electron chi connectivity index (χ1n) is 11.0. The minimum atomic E-state index is -4.56. The molecule has 36 heavy (non-hydrogen) atoms. The Bertz CT molecular complexity index is 1360. The molecule has 1 heterocycles. The zero-order valence-corrected chi connectivity index (χ0v) is 20.6. The molecule has 0 saturated heterocycles. The monoisotopic (exact) mass is 517 g/mol. The number of carbonyl (C=O) groups is 1. The second-order valence-corrected chi connectivity index (χ2v) is 10.0. The summed E-state index contributed by atoms with van der Waals surface area (Å²) >= 11 is 0. The lowest BCUT2D eigenvalue weighted by Crippen LogP contribution is -2.20. The number of carbonyl (C=O) groups excluding carboxylic acids is 1. The fraction of sp³-hybridized carbons (Fsp3) is 0.231. The van der Waals surface area contributed by atoms with Crippen molar-refractivity contribution in [3.05, 3.63) is 100 Å². The molecule has 0 aliphatic carbocycles. The van der Waals surface area contributed by atoms with Crippen molar-refractivity contribution in [3.8, 4) is 0 Å². The Morgan fingerprint density at radius 3 is 2.36 bits per heavy atom. The van der Waals surface area contributed by atoms with E-state index < -0.39 is 27.8 Å². The van der Waals surface area contributed by atoms with Gasteiger partial charge in [-0.05, 0) is 60.2 Å². The highest BCUT2D eigenvalue weighted by Gasteiger charge is 2.32. The van der Waals surface area contributed by atoms with E-state index in [1.165, 1.54) is 18.2 Å². The SMILES string of the molecule is Cc1cc(CNC(=O)C=Cc2ccc(C(F)(F)F)nc2CCc2ccccc2)ccc1NS(C)(=O)=O. The number of nitrogens with one attached hydrogen (secondary N) is 2. The van der Waals surface area contributed by atoms with Gasteiger partial charge in [-0.3, -0.25) is 9.52 Å². The number of sulfonamides is 1. The number of anilines is 1. The van der Waals surface area contributed by atoms with Gasteiger partial charge in [-0.2, -0.15) is 13.2 Å². The number of rotatable bonds is 9. The molecule has 0 aliphatic heterocycles. The Balaban J connectivity index is 1.69. The summed E-state index contributed by atoms with van der Waals surface area (Å²) in [6.07, 6.45) is -0.0121. The van der Waals surface area contributed by atoms with Crippen molar-refractivity contribution in [3.63, 3.8) is 0 Å². The van der Waals surface area contributed by atoms with Crippen LogP contribution in [0.25, 0.3) is 6.08 Å². The molecule has 3 aromatic rings. The van der Waals surface area contributed by atoms with Crippen LogP contribution in [0.1, 0.15) is 33.6 Å². The number of hydrogen-bond donors (Lipinski definition) is 2. The van der Waals surface area contributed by atoms with Gasteiger partial charge in [0.25, 0.3) is 0 Å². The lowest BCUT2D eigenvalue weighted by molar-refractivity contribution is -0.141. The smallest absolute Gasteiger partial charge is 0.348 e. The summed E-state index contributed by atoms with van der Waals surface area (Å²) in [5.74, 6) is -0.431. The molecule has 3 rings (SSSR count). The third-order valence-corrected chi connectivity index (χ3v) is 5.85. The van der Waals surface area contributed by atoms with E-state index in [0.29, 0.717) is 23.2 Å². The minimum Gasteiger partial charge on any atom is -0.348 e. The summed E-state index contributed by atoms with van der Waals surface area (Å²) in [7, 11) is -3.40. The van der Waals surface area contributed by atoms with Gasteiger partial charge < -0.3 is 5.32 Å². The fourth-order valence-corrected chi connectivity index (χ4v) is 4.12. The summed E-state index contributed by atoms with van der Waals surface area (Å²) < 4.78 is 64.8. The van der Waals surface area contributed by atoms with Crippen LogP contribution < -0.4 is 10.0 Å². The quantitative estimate of drug-likeness (QED) is 0.396. The van der Waals surface area contributed by atoms with Crippen LogP contribution in [0.3, 0.4) is 0 Å². The third-order valence-electron chi connectivity index (χ3n) is 5.26. The summed E-state index contributed by atoms with van der Waals surface area (Å²) in [4.78, 5) is 16.2. The van der Waals surface area contributed by atoms with E-state index in [0.717, 1.165) is 23.4 Å².